The van der Waals surface area contributed by atoms with Crippen LogP contribution in [0.2, 0.25) is 0 Å². The average Bonchev–Trinajstić information content (AvgIpc) is 2.92. The molecule has 1 aliphatic heterocycles. The Morgan fingerprint density at radius 3 is 2.66 bits per heavy atom. The minimum absolute atomic E-state index is 0.0878. The lowest BCUT2D eigenvalue weighted by Gasteiger charge is -2.33. The van der Waals surface area contributed by atoms with Crippen LogP contribution in [0.25, 0.3) is 0 Å². The fourth-order valence-electron chi connectivity index (χ4n) is 4.00. The van der Waals surface area contributed by atoms with E-state index in [1.54, 1.807) is 19.2 Å². The van der Waals surface area contributed by atoms with Gasteiger partial charge in [0.25, 0.3) is 0 Å². The van der Waals surface area contributed by atoms with Gasteiger partial charge in [0.15, 0.2) is 9.84 Å². The average molecular weight is 418 g/mol. The van der Waals surface area contributed by atoms with Crippen LogP contribution >= 0.6 is 0 Å². The van der Waals surface area contributed by atoms with E-state index in [-0.39, 0.29) is 10.9 Å². The third-order valence-electron chi connectivity index (χ3n) is 5.40. The van der Waals surface area contributed by atoms with Gasteiger partial charge in [0, 0.05) is 36.5 Å². The third-order valence-corrected chi connectivity index (χ3v) is 6.51. The first-order chi connectivity index (χ1) is 13.8. The molecular weight excluding hydrogens is 386 g/mol. The van der Waals surface area contributed by atoms with E-state index in [0.717, 1.165) is 61.5 Å². The number of sulfone groups is 1. The topological polar surface area (TPSA) is 72.4 Å². The molecule has 1 atom stereocenters. The van der Waals surface area contributed by atoms with Crippen LogP contribution in [-0.4, -0.2) is 38.3 Å². The fourth-order valence-corrected chi connectivity index (χ4v) is 4.63. The van der Waals surface area contributed by atoms with E-state index in [0.29, 0.717) is 5.75 Å². The molecule has 6 nitrogen and oxygen atoms in total. The molecule has 1 aliphatic rings. The smallest absolute Gasteiger partial charge is 0.175 e. The molecule has 158 valence electrons. The Morgan fingerprint density at radius 1 is 1.17 bits per heavy atom. The normalized spacial score (nSPS) is 17.8. The predicted molar refractivity (Wildman–Crippen MR) is 115 cm³/mol. The monoisotopic (exact) mass is 417 g/mol. The van der Waals surface area contributed by atoms with Crippen LogP contribution < -0.4 is 9.64 Å². The van der Waals surface area contributed by atoms with E-state index in [9.17, 15) is 8.42 Å². The molecule has 2 heterocycles. The van der Waals surface area contributed by atoms with E-state index in [2.05, 4.69) is 22.9 Å². The maximum atomic E-state index is 12.0. The molecule has 0 spiro atoms. The molecule has 2 aromatic rings. The Kier molecular flexibility index (Phi) is 6.77. The number of methoxy groups -OCH3 is 1. The molecule has 3 rings (SSSR count). The highest BCUT2D eigenvalue weighted by molar-refractivity contribution is 7.90. The van der Waals surface area contributed by atoms with E-state index in [1.165, 1.54) is 12.7 Å². The van der Waals surface area contributed by atoms with Crippen molar-refractivity contribution in [1.29, 1.82) is 0 Å². The molecule has 1 aromatic carbocycles. The van der Waals surface area contributed by atoms with Gasteiger partial charge in [0.1, 0.15) is 17.4 Å². The number of anilines is 1. The van der Waals surface area contributed by atoms with Crippen molar-refractivity contribution < 1.29 is 13.2 Å². The van der Waals surface area contributed by atoms with Gasteiger partial charge in [-0.2, -0.15) is 0 Å². The summed E-state index contributed by atoms with van der Waals surface area (Å²) in [4.78, 5) is 12.1. The van der Waals surface area contributed by atoms with Crippen molar-refractivity contribution in [3.8, 4) is 5.75 Å². The summed E-state index contributed by atoms with van der Waals surface area (Å²) in [5, 5.41) is 0. The number of hydrogen-bond donors (Lipinski definition) is 0. The second-order valence-corrected chi connectivity index (χ2v) is 9.78. The predicted octanol–water partition coefficient (Wildman–Crippen LogP) is 4.27. The molecule has 0 amide bonds. The lowest BCUT2D eigenvalue weighted by atomic mass is 9.99. The molecule has 0 aliphatic carbocycles. The zero-order chi connectivity index (χ0) is 21.0. The maximum Gasteiger partial charge on any atom is 0.175 e. The largest absolute Gasteiger partial charge is 0.496 e. The number of aromatic nitrogens is 2. The zero-order valence-electron chi connectivity index (χ0n) is 17.8. The number of ether oxygens (including phenoxy) is 1. The fraction of sp³-hybridized carbons (Fsp3) is 0.545. The molecule has 1 saturated heterocycles. The summed E-state index contributed by atoms with van der Waals surface area (Å²) < 4.78 is 29.6. The zero-order valence-corrected chi connectivity index (χ0v) is 18.6. The highest BCUT2D eigenvalue weighted by atomic mass is 32.2. The van der Waals surface area contributed by atoms with E-state index in [4.69, 9.17) is 9.72 Å². The summed E-state index contributed by atoms with van der Waals surface area (Å²) in [5.74, 6) is 2.44. The minimum Gasteiger partial charge on any atom is -0.496 e. The van der Waals surface area contributed by atoms with Crippen LogP contribution in [-0.2, 0) is 16.3 Å². The summed E-state index contributed by atoms with van der Waals surface area (Å²) in [5.41, 5.74) is 1.98. The molecule has 0 saturated carbocycles. The molecule has 0 N–H and O–H groups in total. The number of rotatable bonds is 6. The second-order valence-electron chi connectivity index (χ2n) is 7.77. The summed E-state index contributed by atoms with van der Waals surface area (Å²) in [6.45, 7) is 5.05. The van der Waals surface area contributed by atoms with Crippen LogP contribution in [0, 0.1) is 6.92 Å². The Labute approximate surface area is 174 Å². The molecule has 1 fully saturated rings. The highest BCUT2D eigenvalue weighted by Gasteiger charge is 2.27. The van der Waals surface area contributed by atoms with Gasteiger partial charge in [-0.25, -0.2) is 18.4 Å². The van der Waals surface area contributed by atoms with Crippen molar-refractivity contribution in [3.05, 3.63) is 41.3 Å². The number of benzene rings is 1. The first-order valence-electron chi connectivity index (χ1n) is 10.3. The van der Waals surface area contributed by atoms with Crippen LogP contribution in [0.15, 0.2) is 29.2 Å². The molecule has 1 aromatic heterocycles. The lowest BCUT2D eigenvalue weighted by molar-refractivity contribution is 0.401. The third kappa shape index (κ3) is 5.07. The van der Waals surface area contributed by atoms with Gasteiger partial charge >= 0.3 is 0 Å². The van der Waals surface area contributed by atoms with Crippen molar-refractivity contribution in [2.75, 3.05) is 24.8 Å². The van der Waals surface area contributed by atoms with Crippen molar-refractivity contribution >= 4 is 15.7 Å². The minimum atomic E-state index is -3.29. The highest BCUT2D eigenvalue weighted by Crippen LogP contribution is 2.38. The molecule has 0 radical (unpaired) electrons. The van der Waals surface area contributed by atoms with E-state index in [1.807, 2.05) is 13.0 Å². The van der Waals surface area contributed by atoms with Gasteiger partial charge in [-0.3, -0.25) is 0 Å². The van der Waals surface area contributed by atoms with Gasteiger partial charge in [0.05, 0.1) is 18.0 Å². The SMILES string of the molecule is CCCc1nc(C)cc(N2CCCCCC2c2ccc(S(C)(=O)=O)cc2OC)n1. The van der Waals surface area contributed by atoms with Gasteiger partial charge < -0.3 is 9.64 Å². The van der Waals surface area contributed by atoms with Crippen molar-refractivity contribution in [3.63, 3.8) is 0 Å². The Morgan fingerprint density at radius 2 is 1.97 bits per heavy atom. The summed E-state index contributed by atoms with van der Waals surface area (Å²) in [7, 11) is -1.69. The van der Waals surface area contributed by atoms with Gasteiger partial charge in [-0.05, 0) is 38.3 Å². The van der Waals surface area contributed by atoms with Gasteiger partial charge in [0.2, 0.25) is 0 Å². The van der Waals surface area contributed by atoms with E-state index < -0.39 is 9.84 Å². The summed E-state index contributed by atoms with van der Waals surface area (Å²) in [6.07, 6.45) is 7.45. The lowest BCUT2D eigenvalue weighted by Crippen LogP contribution is -2.30. The summed E-state index contributed by atoms with van der Waals surface area (Å²) in [6, 6.07) is 7.37. The van der Waals surface area contributed by atoms with Crippen LogP contribution in [0.5, 0.6) is 5.75 Å². The molecule has 0 bridgehead atoms. The summed E-state index contributed by atoms with van der Waals surface area (Å²) >= 11 is 0. The first-order valence-corrected chi connectivity index (χ1v) is 12.2. The van der Waals surface area contributed by atoms with Crippen LogP contribution in [0.4, 0.5) is 5.82 Å². The Hall–Kier alpha value is -2.15. The molecule has 7 heteroatoms. The van der Waals surface area contributed by atoms with Crippen molar-refractivity contribution in [2.24, 2.45) is 0 Å². The van der Waals surface area contributed by atoms with Crippen molar-refractivity contribution in [2.45, 2.75) is 63.3 Å². The Balaban J connectivity index is 2.06. The van der Waals surface area contributed by atoms with Crippen LogP contribution in [0.1, 0.15) is 62.2 Å². The first kappa shape index (κ1) is 21.6. The molecular formula is C22H31N3O3S. The standard InChI is InChI=1S/C22H31N3O3S/c1-5-9-21-23-16(2)14-22(24-21)25-13-8-6-7-10-19(25)18-12-11-17(29(4,26)27)15-20(18)28-3/h11-12,14-15,19H,5-10,13H2,1-4H3. The van der Waals surface area contributed by atoms with Crippen molar-refractivity contribution in [1.82, 2.24) is 9.97 Å². The molecule has 29 heavy (non-hydrogen) atoms. The van der Waals surface area contributed by atoms with Gasteiger partial charge in [-0.15, -0.1) is 0 Å². The number of aryl methyl sites for hydroxylation is 2. The second kappa shape index (κ2) is 9.11. The van der Waals surface area contributed by atoms with Gasteiger partial charge in [-0.1, -0.05) is 25.8 Å². The van der Waals surface area contributed by atoms with Crippen LogP contribution in [0.3, 0.4) is 0 Å². The van der Waals surface area contributed by atoms with E-state index >= 15 is 0 Å². The quantitative estimate of drug-likeness (QED) is 0.699. The molecule has 1 unspecified atom stereocenters. The number of hydrogen-bond acceptors (Lipinski definition) is 6. The number of nitrogens with zero attached hydrogens (tertiary/aromatic N) is 3. The maximum absolute atomic E-state index is 12.0. The Bertz CT molecular complexity index is 960.